The van der Waals surface area contributed by atoms with Gasteiger partial charge in [-0.15, -0.1) is 5.10 Å². The minimum absolute atomic E-state index is 0.0990. The Hall–Kier alpha value is -1.98. The first-order valence-corrected chi connectivity index (χ1v) is 7.95. The molecule has 0 radical (unpaired) electrons. The fraction of sp³-hybridized carbons (Fsp3) is 0.125. The van der Waals surface area contributed by atoms with E-state index in [1.165, 1.54) is 23.5 Å². The van der Waals surface area contributed by atoms with Crippen LogP contribution in [-0.4, -0.2) is 16.5 Å². The highest BCUT2D eigenvalue weighted by Crippen LogP contribution is 2.27. The average Bonchev–Trinajstić information content (AvgIpc) is 2.54. The summed E-state index contributed by atoms with van der Waals surface area (Å²) in [5, 5.41) is 18.6. The third-order valence-corrected chi connectivity index (χ3v) is 4.24. The van der Waals surface area contributed by atoms with Crippen molar-refractivity contribution in [1.82, 2.24) is 0 Å². The second-order valence-corrected chi connectivity index (χ2v) is 5.97. The van der Waals surface area contributed by atoms with Crippen LogP contribution in [0.25, 0.3) is 0 Å². The maximum atomic E-state index is 9.94. The van der Waals surface area contributed by atoms with Gasteiger partial charge in [0, 0.05) is 21.9 Å². The van der Waals surface area contributed by atoms with E-state index in [1.807, 2.05) is 30.3 Å². The molecular formula is C16H16ClN3OS. The van der Waals surface area contributed by atoms with Crippen molar-refractivity contribution in [3.05, 3.63) is 64.2 Å². The summed E-state index contributed by atoms with van der Waals surface area (Å²) < 4.78 is 0. The van der Waals surface area contributed by atoms with Gasteiger partial charge in [-0.3, -0.25) is 0 Å². The van der Waals surface area contributed by atoms with Crippen LogP contribution in [0.1, 0.15) is 16.7 Å². The number of hydrogen-bond donors (Lipinski definition) is 2. The summed E-state index contributed by atoms with van der Waals surface area (Å²) in [5.74, 6) is 0.832. The van der Waals surface area contributed by atoms with Crippen molar-refractivity contribution >= 4 is 34.7 Å². The van der Waals surface area contributed by atoms with Gasteiger partial charge in [0.25, 0.3) is 0 Å². The van der Waals surface area contributed by atoms with Crippen LogP contribution in [0, 0.1) is 6.92 Å². The molecule has 0 saturated heterocycles. The van der Waals surface area contributed by atoms with E-state index in [2.05, 4.69) is 10.2 Å². The summed E-state index contributed by atoms with van der Waals surface area (Å²) in [6.45, 7) is 1.74. The highest BCUT2D eigenvalue weighted by molar-refractivity contribution is 8.13. The second-order valence-electron chi connectivity index (χ2n) is 4.57. The van der Waals surface area contributed by atoms with Crippen LogP contribution in [0.3, 0.4) is 0 Å². The highest BCUT2D eigenvalue weighted by Gasteiger charge is 2.05. The number of thioether (sulfide) groups is 1. The lowest BCUT2D eigenvalue weighted by Gasteiger charge is -2.03. The third kappa shape index (κ3) is 4.51. The minimum atomic E-state index is 0.0990. The number of phenolic OH excluding ortho intramolecular Hbond substituents is 1. The normalized spacial score (nSPS) is 12.0. The first-order chi connectivity index (χ1) is 10.6. The van der Waals surface area contributed by atoms with Gasteiger partial charge in [-0.05, 0) is 24.6 Å². The summed E-state index contributed by atoms with van der Waals surface area (Å²) in [5.41, 5.74) is 8.12. The Bertz CT molecular complexity index is 702. The summed E-state index contributed by atoms with van der Waals surface area (Å²) in [6, 6.07) is 13.4. The number of amidine groups is 1. The topological polar surface area (TPSA) is 71.0 Å². The largest absolute Gasteiger partial charge is 0.507 e. The van der Waals surface area contributed by atoms with Gasteiger partial charge >= 0.3 is 0 Å². The number of hydrogen-bond acceptors (Lipinski definition) is 4. The quantitative estimate of drug-likeness (QED) is 0.506. The zero-order chi connectivity index (χ0) is 15.9. The van der Waals surface area contributed by atoms with Crippen LogP contribution < -0.4 is 5.73 Å². The maximum Gasteiger partial charge on any atom is 0.180 e. The van der Waals surface area contributed by atoms with Crippen LogP contribution in [0.4, 0.5) is 0 Å². The van der Waals surface area contributed by atoms with Gasteiger partial charge in [0.15, 0.2) is 5.17 Å². The van der Waals surface area contributed by atoms with Gasteiger partial charge in [0.2, 0.25) is 0 Å². The number of phenols is 1. The molecule has 0 amide bonds. The highest BCUT2D eigenvalue weighted by atomic mass is 35.5. The number of aromatic hydroxyl groups is 1. The summed E-state index contributed by atoms with van der Waals surface area (Å²) >= 11 is 7.32. The van der Waals surface area contributed by atoms with Crippen molar-refractivity contribution in [1.29, 1.82) is 0 Å². The molecule has 2 rings (SSSR count). The number of benzene rings is 2. The molecule has 0 saturated carbocycles. The SMILES string of the molecule is Cc1c(Cl)ccc(C=NN=C(N)SCc2ccccc2)c1O. The molecule has 114 valence electrons. The van der Waals surface area contributed by atoms with Gasteiger partial charge < -0.3 is 10.8 Å². The lowest BCUT2D eigenvalue weighted by molar-refractivity contribution is 0.470. The Kier molecular flexibility index (Phi) is 5.86. The predicted octanol–water partition coefficient (Wildman–Crippen LogP) is 3.94. The molecule has 0 aromatic heterocycles. The first-order valence-electron chi connectivity index (χ1n) is 6.59. The number of rotatable bonds is 4. The number of halogens is 1. The van der Waals surface area contributed by atoms with Crippen molar-refractivity contribution < 1.29 is 5.11 Å². The Labute approximate surface area is 138 Å². The molecule has 0 aliphatic heterocycles. The molecule has 4 nitrogen and oxygen atoms in total. The molecule has 2 aromatic carbocycles. The predicted molar refractivity (Wildman–Crippen MR) is 94.8 cm³/mol. The molecule has 0 spiro atoms. The van der Waals surface area contributed by atoms with Crippen molar-refractivity contribution in [2.24, 2.45) is 15.9 Å². The molecule has 0 aliphatic rings. The zero-order valence-corrected chi connectivity index (χ0v) is 13.6. The van der Waals surface area contributed by atoms with E-state index in [0.29, 0.717) is 21.3 Å². The van der Waals surface area contributed by atoms with E-state index >= 15 is 0 Å². The monoisotopic (exact) mass is 333 g/mol. The van der Waals surface area contributed by atoms with E-state index in [-0.39, 0.29) is 5.75 Å². The van der Waals surface area contributed by atoms with Crippen molar-refractivity contribution in [3.63, 3.8) is 0 Å². The van der Waals surface area contributed by atoms with Crippen LogP contribution in [0.2, 0.25) is 5.02 Å². The molecule has 6 heteroatoms. The van der Waals surface area contributed by atoms with Crippen LogP contribution in [0.15, 0.2) is 52.7 Å². The number of nitrogens with zero attached hydrogens (tertiary/aromatic N) is 2. The van der Waals surface area contributed by atoms with Crippen molar-refractivity contribution in [2.75, 3.05) is 0 Å². The van der Waals surface area contributed by atoms with Gasteiger partial charge in [-0.2, -0.15) is 5.10 Å². The molecule has 3 N–H and O–H groups in total. The van der Waals surface area contributed by atoms with Crippen molar-refractivity contribution in [3.8, 4) is 5.75 Å². The van der Waals surface area contributed by atoms with Gasteiger partial charge in [-0.25, -0.2) is 0 Å². The number of nitrogens with two attached hydrogens (primary N) is 1. The summed E-state index contributed by atoms with van der Waals surface area (Å²) in [7, 11) is 0. The third-order valence-electron chi connectivity index (χ3n) is 2.98. The second kappa shape index (κ2) is 7.87. The molecule has 0 bridgehead atoms. The summed E-state index contributed by atoms with van der Waals surface area (Å²) in [6.07, 6.45) is 1.45. The van der Waals surface area contributed by atoms with Crippen molar-refractivity contribution in [2.45, 2.75) is 12.7 Å². The van der Waals surface area contributed by atoms with E-state index in [9.17, 15) is 5.11 Å². The first kappa shape index (κ1) is 16.4. The van der Waals surface area contributed by atoms with E-state index in [0.717, 1.165) is 5.75 Å². The maximum absolute atomic E-state index is 9.94. The van der Waals surface area contributed by atoms with Crippen LogP contribution >= 0.6 is 23.4 Å². The molecule has 2 aromatic rings. The van der Waals surface area contributed by atoms with E-state index < -0.39 is 0 Å². The Morgan fingerprint density at radius 3 is 2.73 bits per heavy atom. The smallest absolute Gasteiger partial charge is 0.180 e. The lowest BCUT2D eigenvalue weighted by atomic mass is 10.1. The lowest BCUT2D eigenvalue weighted by Crippen LogP contribution is -2.06. The fourth-order valence-electron chi connectivity index (χ4n) is 1.71. The summed E-state index contributed by atoms with van der Waals surface area (Å²) in [4.78, 5) is 0. The van der Waals surface area contributed by atoms with Gasteiger partial charge in [0.1, 0.15) is 5.75 Å². The standard InChI is InChI=1S/C16H16ClN3OS/c1-11-14(17)8-7-13(15(11)21)9-19-20-16(18)22-10-12-5-3-2-4-6-12/h2-9,21H,10H2,1H3,(H2,18,20). The molecule has 22 heavy (non-hydrogen) atoms. The zero-order valence-electron chi connectivity index (χ0n) is 12.0. The molecular weight excluding hydrogens is 318 g/mol. The molecule has 0 aliphatic carbocycles. The van der Waals surface area contributed by atoms with Crippen LogP contribution in [0.5, 0.6) is 5.75 Å². The fourth-order valence-corrected chi connectivity index (χ4v) is 2.47. The average molecular weight is 334 g/mol. The Morgan fingerprint density at radius 2 is 2.00 bits per heavy atom. The molecule has 0 unspecified atom stereocenters. The van der Waals surface area contributed by atoms with Gasteiger partial charge in [-0.1, -0.05) is 53.7 Å². The Balaban J connectivity index is 1.97. The van der Waals surface area contributed by atoms with E-state index in [1.54, 1.807) is 19.1 Å². The van der Waals surface area contributed by atoms with Crippen LogP contribution in [-0.2, 0) is 5.75 Å². The minimum Gasteiger partial charge on any atom is -0.507 e. The Morgan fingerprint density at radius 1 is 1.27 bits per heavy atom. The van der Waals surface area contributed by atoms with Gasteiger partial charge in [0.05, 0.1) is 6.21 Å². The molecule has 0 atom stereocenters. The van der Waals surface area contributed by atoms with E-state index in [4.69, 9.17) is 17.3 Å². The molecule has 0 heterocycles. The molecule has 0 fully saturated rings.